The quantitative estimate of drug-likeness (QED) is 0.579. The average molecular weight is 372 g/mol. The zero-order valence-electron chi connectivity index (χ0n) is 15.0. The number of amidine groups is 1. The van der Waals surface area contributed by atoms with Crippen molar-refractivity contribution in [2.24, 2.45) is 4.99 Å². The Hall–Kier alpha value is -3.56. The number of fused-ring (bicyclic) bond motifs is 1. The first-order valence-corrected chi connectivity index (χ1v) is 8.03. The lowest BCUT2D eigenvalue weighted by atomic mass is 10.1. The lowest BCUT2D eigenvalue weighted by Crippen LogP contribution is -2.61. The van der Waals surface area contributed by atoms with E-state index in [2.05, 4.69) is 15.0 Å². The Morgan fingerprint density at radius 1 is 1.19 bits per heavy atom. The second-order valence-electron chi connectivity index (χ2n) is 6.03. The molecule has 0 radical (unpaired) electrons. The third-order valence-corrected chi connectivity index (χ3v) is 4.31. The molecule has 4 amide bonds. The van der Waals surface area contributed by atoms with Crippen molar-refractivity contribution in [2.45, 2.75) is 6.04 Å². The van der Waals surface area contributed by atoms with E-state index in [0.29, 0.717) is 17.1 Å². The highest BCUT2D eigenvalue weighted by molar-refractivity contribution is 6.21. The van der Waals surface area contributed by atoms with Crippen molar-refractivity contribution in [1.82, 2.24) is 9.80 Å². The summed E-state index contributed by atoms with van der Waals surface area (Å²) in [5.41, 5.74) is 0.859. The molecular weight excluding hydrogens is 354 g/mol. The number of hydrogen-bond acceptors (Lipinski definition) is 6. The number of urea groups is 1. The Kier molecular flexibility index (Phi) is 4.72. The topological polar surface area (TPSA) is 111 Å². The van der Waals surface area contributed by atoms with Crippen molar-refractivity contribution in [3.05, 3.63) is 29.8 Å². The highest BCUT2D eigenvalue weighted by Gasteiger charge is 2.50. The second kappa shape index (κ2) is 6.98. The molecule has 0 aromatic heterocycles. The minimum Gasteiger partial charge on any atom is -0.465 e. The number of nitrogens with one attached hydrogen (secondary N) is 1. The number of nitrogens with zero attached hydrogens (tertiary/aromatic N) is 4. The van der Waals surface area contributed by atoms with Crippen LogP contribution >= 0.6 is 0 Å². The van der Waals surface area contributed by atoms with Gasteiger partial charge >= 0.3 is 12.0 Å². The Labute approximate surface area is 154 Å². The number of hydrogen-bond donors (Lipinski definition) is 1. The maximum Gasteiger partial charge on any atom is 0.337 e. The minimum atomic E-state index is -0.815. The minimum absolute atomic E-state index is 0.127. The zero-order valence-corrected chi connectivity index (χ0v) is 15.0. The van der Waals surface area contributed by atoms with Crippen molar-refractivity contribution in [2.75, 3.05) is 33.1 Å². The molecule has 1 aromatic rings. The van der Waals surface area contributed by atoms with Crippen molar-refractivity contribution < 1.29 is 28.5 Å². The van der Waals surface area contributed by atoms with Crippen molar-refractivity contribution >= 4 is 41.7 Å². The van der Waals surface area contributed by atoms with Crippen LogP contribution in [0.15, 0.2) is 29.3 Å². The van der Waals surface area contributed by atoms with Gasteiger partial charge in [0.1, 0.15) is 0 Å². The van der Waals surface area contributed by atoms with Gasteiger partial charge in [-0.1, -0.05) is 0 Å². The van der Waals surface area contributed by atoms with E-state index < -0.39 is 23.9 Å². The molecule has 1 N–H and O–H groups in total. The summed E-state index contributed by atoms with van der Waals surface area (Å²) in [6, 6.07) is 4.93. The summed E-state index contributed by atoms with van der Waals surface area (Å²) in [5.74, 6) is -0.995. The number of imide groups is 1. The lowest BCUT2D eigenvalue weighted by molar-refractivity contribution is -0.519. The zero-order chi connectivity index (χ0) is 19.7. The van der Waals surface area contributed by atoms with E-state index in [0.717, 1.165) is 4.90 Å². The van der Waals surface area contributed by atoms with Gasteiger partial charge in [-0.05, 0) is 29.3 Å². The molecule has 0 aliphatic carbocycles. The molecule has 1 atom stereocenters. The smallest absolute Gasteiger partial charge is 0.337 e. The molecule has 2 aliphatic rings. The van der Waals surface area contributed by atoms with E-state index in [4.69, 9.17) is 0 Å². The van der Waals surface area contributed by atoms with Crippen LogP contribution in [-0.2, 0) is 14.3 Å². The number of amides is 4. The van der Waals surface area contributed by atoms with Crippen LogP contribution in [0.4, 0.5) is 10.5 Å². The maximum absolute atomic E-state index is 12.4. The molecule has 1 unspecified atom stereocenters. The average Bonchev–Trinajstić information content (AvgIpc) is 3.08. The molecule has 0 spiro atoms. The highest BCUT2D eigenvalue weighted by atomic mass is 16.5. The number of esters is 1. The number of carbonyl (C=O) groups excluding carboxylic acids is 4. The number of anilines is 1. The van der Waals surface area contributed by atoms with E-state index in [1.54, 1.807) is 12.1 Å². The SMILES string of the molecule is COC(=O)c1ccc(NC(=O)C[N+]2=CN=C3C2C(=O)N(C)C(=O)N3C)cc1. The van der Waals surface area contributed by atoms with Gasteiger partial charge in [0.25, 0.3) is 30.0 Å². The molecule has 1 fully saturated rings. The van der Waals surface area contributed by atoms with Gasteiger partial charge in [-0.3, -0.25) is 19.4 Å². The fraction of sp³-hybridized carbons (Fsp3) is 0.294. The molecule has 3 rings (SSSR count). The monoisotopic (exact) mass is 372 g/mol. The number of likely N-dealkylation sites (N-methyl/N-ethyl adjacent to an activating group) is 2. The number of methoxy groups -OCH3 is 1. The summed E-state index contributed by atoms with van der Waals surface area (Å²) in [7, 11) is 4.20. The van der Waals surface area contributed by atoms with Crippen molar-refractivity contribution in [3.8, 4) is 0 Å². The van der Waals surface area contributed by atoms with Crippen LogP contribution in [0, 0.1) is 0 Å². The van der Waals surface area contributed by atoms with Gasteiger partial charge in [0.05, 0.1) is 12.7 Å². The Morgan fingerprint density at radius 3 is 2.48 bits per heavy atom. The van der Waals surface area contributed by atoms with Crippen LogP contribution in [-0.4, -0.2) is 84.2 Å². The van der Waals surface area contributed by atoms with Crippen LogP contribution in [0.3, 0.4) is 0 Å². The number of ether oxygens (including phenoxy) is 1. The first-order chi connectivity index (χ1) is 12.8. The van der Waals surface area contributed by atoms with Gasteiger partial charge in [0.15, 0.2) is 6.54 Å². The summed E-state index contributed by atoms with van der Waals surface area (Å²) >= 11 is 0. The molecule has 0 saturated carbocycles. The van der Waals surface area contributed by atoms with Crippen molar-refractivity contribution in [3.63, 3.8) is 0 Å². The van der Waals surface area contributed by atoms with Gasteiger partial charge in [-0.2, -0.15) is 0 Å². The van der Waals surface area contributed by atoms with E-state index in [1.807, 2.05) is 0 Å². The fourth-order valence-electron chi connectivity index (χ4n) is 2.85. The number of aliphatic imine (C=N–C) groups is 1. The Bertz CT molecular complexity index is 889. The highest BCUT2D eigenvalue weighted by Crippen LogP contribution is 2.17. The number of rotatable bonds is 4. The normalized spacial score (nSPS) is 18.7. The molecule has 2 aliphatic heterocycles. The summed E-state index contributed by atoms with van der Waals surface area (Å²) in [6.45, 7) is -0.127. The van der Waals surface area contributed by atoms with Crippen molar-refractivity contribution in [1.29, 1.82) is 0 Å². The maximum atomic E-state index is 12.4. The third-order valence-electron chi connectivity index (χ3n) is 4.31. The van der Waals surface area contributed by atoms with Gasteiger partial charge in [-0.25, -0.2) is 14.2 Å². The lowest BCUT2D eigenvalue weighted by Gasteiger charge is -2.30. The van der Waals surface area contributed by atoms with Crippen LogP contribution in [0.5, 0.6) is 0 Å². The van der Waals surface area contributed by atoms with Gasteiger partial charge < -0.3 is 10.1 Å². The predicted molar refractivity (Wildman–Crippen MR) is 94.8 cm³/mol. The molecule has 2 heterocycles. The molecule has 27 heavy (non-hydrogen) atoms. The van der Waals surface area contributed by atoms with Crippen LogP contribution in [0.1, 0.15) is 10.4 Å². The molecular formula is C17H18N5O5+. The first-order valence-electron chi connectivity index (χ1n) is 8.03. The number of carbonyl (C=O) groups is 4. The molecule has 140 valence electrons. The molecule has 1 aromatic carbocycles. The third kappa shape index (κ3) is 3.28. The van der Waals surface area contributed by atoms with Crippen LogP contribution in [0.25, 0.3) is 0 Å². The summed E-state index contributed by atoms with van der Waals surface area (Å²) in [4.78, 5) is 54.5. The summed E-state index contributed by atoms with van der Waals surface area (Å²) in [6.07, 6.45) is 1.38. The van der Waals surface area contributed by atoms with E-state index >= 15 is 0 Å². The standard InChI is InChI=1S/C17H17N5O5/c1-20-14-13(15(24)21(2)17(20)26)22(9-18-14)8-12(23)19-11-6-4-10(5-7-11)16(25)27-3/h4-7,9,13H,8H2,1-3H3/p+1. The van der Waals surface area contributed by atoms with Gasteiger partial charge in [0, 0.05) is 19.8 Å². The van der Waals surface area contributed by atoms with Crippen LogP contribution in [0.2, 0.25) is 0 Å². The van der Waals surface area contributed by atoms with Gasteiger partial charge in [0.2, 0.25) is 0 Å². The molecule has 0 bridgehead atoms. The molecule has 10 heteroatoms. The Morgan fingerprint density at radius 2 is 1.85 bits per heavy atom. The second-order valence-corrected chi connectivity index (χ2v) is 6.03. The largest absolute Gasteiger partial charge is 0.465 e. The van der Waals surface area contributed by atoms with Gasteiger partial charge in [-0.15, -0.1) is 0 Å². The van der Waals surface area contributed by atoms with E-state index in [-0.39, 0.29) is 12.5 Å². The summed E-state index contributed by atoms with van der Waals surface area (Å²) in [5, 5.41) is 2.69. The Balaban J connectivity index is 1.66. The summed E-state index contributed by atoms with van der Waals surface area (Å²) < 4.78 is 6.09. The molecule has 1 saturated heterocycles. The van der Waals surface area contributed by atoms with E-state index in [1.165, 1.54) is 49.2 Å². The molecule has 10 nitrogen and oxygen atoms in total. The van der Waals surface area contributed by atoms with E-state index in [9.17, 15) is 19.2 Å². The van der Waals surface area contributed by atoms with Crippen LogP contribution < -0.4 is 5.32 Å². The predicted octanol–water partition coefficient (Wildman–Crippen LogP) is -0.243. The fourth-order valence-corrected chi connectivity index (χ4v) is 2.85. The first kappa shape index (κ1) is 18.2. The number of benzene rings is 1.